The summed E-state index contributed by atoms with van der Waals surface area (Å²) in [6.07, 6.45) is 0. The largest absolute Gasteiger partial charge is 0.497 e. The van der Waals surface area contributed by atoms with Gasteiger partial charge in [-0.3, -0.25) is 4.79 Å². The van der Waals surface area contributed by atoms with Crippen LogP contribution in [0.1, 0.15) is 27.0 Å². The van der Waals surface area contributed by atoms with E-state index in [1.165, 1.54) is 0 Å². The third-order valence-electron chi connectivity index (χ3n) is 3.60. The highest BCUT2D eigenvalue weighted by Crippen LogP contribution is 2.17. The number of hydrogen-bond donors (Lipinski definition) is 1. The van der Waals surface area contributed by atoms with Gasteiger partial charge in [-0.25, -0.2) is 4.79 Å². The van der Waals surface area contributed by atoms with Crippen molar-refractivity contribution >= 4 is 11.9 Å². The van der Waals surface area contributed by atoms with Gasteiger partial charge in [0.25, 0.3) is 5.91 Å². The van der Waals surface area contributed by atoms with Crippen molar-refractivity contribution < 1.29 is 19.1 Å². The molecule has 24 heavy (non-hydrogen) atoms. The van der Waals surface area contributed by atoms with Gasteiger partial charge in [-0.15, -0.1) is 0 Å². The minimum atomic E-state index is -0.527. The van der Waals surface area contributed by atoms with Crippen LogP contribution in [0.3, 0.4) is 0 Å². The van der Waals surface area contributed by atoms with E-state index in [9.17, 15) is 9.59 Å². The van der Waals surface area contributed by atoms with Gasteiger partial charge in [-0.2, -0.15) is 0 Å². The first-order chi connectivity index (χ1) is 11.5. The summed E-state index contributed by atoms with van der Waals surface area (Å²) in [7, 11) is 1.56. The van der Waals surface area contributed by atoms with Gasteiger partial charge in [0.1, 0.15) is 5.75 Å². The molecule has 1 amide bonds. The molecule has 0 unspecified atom stereocenters. The molecule has 0 aliphatic heterocycles. The van der Waals surface area contributed by atoms with Gasteiger partial charge in [0.05, 0.1) is 12.7 Å². The van der Waals surface area contributed by atoms with E-state index in [0.29, 0.717) is 17.9 Å². The molecule has 1 N–H and O–H groups in total. The molecule has 0 heterocycles. The Morgan fingerprint density at radius 3 is 2.38 bits per heavy atom. The van der Waals surface area contributed by atoms with Gasteiger partial charge in [0, 0.05) is 6.54 Å². The van der Waals surface area contributed by atoms with Gasteiger partial charge >= 0.3 is 5.97 Å². The maximum absolute atomic E-state index is 12.0. The first kappa shape index (κ1) is 17.5. The minimum absolute atomic E-state index is 0.309. The fourth-order valence-electron chi connectivity index (χ4n) is 2.16. The van der Waals surface area contributed by atoms with E-state index in [1.54, 1.807) is 32.2 Å². The molecule has 0 saturated carbocycles. The van der Waals surface area contributed by atoms with E-state index in [2.05, 4.69) is 5.32 Å². The topological polar surface area (TPSA) is 64.6 Å². The summed E-state index contributed by atoms with van der Waals surface area (Å²) in [5.74, 6) is -0.199. The number of carbonyl (C=O) groups is 2. The molecule has 0 radical (unpaired) electrons. The highest BCUT2D eigenvalue weighted by Gasteiger charge is 2.13. The monoisotopic (exact) mass is 327 g/mol. The molecule has 0 spiro atoms. The predicted octanol–water partition coefficient (Wildman–Crippen LogP) is 2.79. The quantitative estimate of drug-likeness (QED) is 0.829. The zero-order chi connectivity index (χ0) is 17.5. The lowest BCUT2D eigenvalue weighted by Gasteiger charge is -2.09. The summed E-state index contributed by atoms with van der Waals surface area (Å²) >= 11 is 0. The molecule has 2 aromatic carbocycles. The number of carbonyl (C=O) groups excluding carboxylic acids is 2. The first-order valence-corrected chi connectivity index (χ1v) is 7.63. The van der Waals surface area contributed by atoms with Crippen molar-refractivity contribution in [2.75, 3.05) is 13.7 Å². The van der Waals surface area contributed by atoms with Gasteiger partial charge < -0.3 is 14.8 Å². The molecule has 0 aliphatic carbocycles. The SMILES string of the molecule is COc1ccc(C(=O)OCC(=O)NCc2ccc(C)cc2)c(C)c1. The summed E-state index contributed by atoms with van der Waals surface area (Å²) in [5, 5.41) is 2.72. The number of rotatable bonds is 6. The average Bonchev–Trinajstić information content (AvgIpc) is 2.59. The van der Waals surface area contributed by atoms with Crippen molar-refractivity contribution in [3.63, 3.8) is 0 Å². The van der Waals surface area contributed by atoms with Crippen LogP contribution in [0.15, 0.2) is 42.5 Å². The summed E-state index contributed by atoms with van der Waals surface area (Å²) in [6.45, 7) is 3.88. The first-order valence-electron chi connectivity index (χ1n) is 7.63. The second-order valence-electron chi connectivity index (χ2n) is 5.52. The summed E-state index contributed by atoms with van der Waals surface area (Å²) < 4.78 is 10.2. The fraction of sp³-hybridized carbons (Fsp3) is 0.263. The number of methoxy groups -OCH3 is 1. The van der Waals surface area contributed by atoms with Gasteiger partial charge in [0.2, 0.25) is 0 Å². The van der Waals surface area contributed by atoms with Crippen LogP contribution in [-0.4, -0.2) is 25.6 Å². The third kappa shape index (κ3) is 4.84. The second kappa shape index (κ2) is 8.15. The van der Waals surface area contributed by atoms with Crippen LogP contribution in [-0.2, 0) is 16.1 Å². The van der Waals surface area contributed by atoms with Crippen LogP contribution in [0.4, 0.5) is 0 Å². The maximum Gasteiger partial charge on any atom is 0.338 e. The van der Waals surface area contributed by atoms with E-state index < -0.39 is 5.97 Å². The van der Waals surface area contributed by atoms with E-state index in [1.807, 2.05) is 31.2 Å². The van der Waals surface area contributed by atoms with Crippen LogP contribution in [0, 0.1) is 13.8 Å². The number of esters is 1. The molecule has 2 aromatic rings. The number of hydrogen-bond acceptors (Lipinski definition) is 4. The summed E-state index contributed by atoms with van der Waals surface area (Å²) in [6, 6.07) is 12.9. The third-order valence-corrected chi connectivity index (χ3v) is 3.60. The van der Waals surface area contributed by atoms with Gasteiger partial charge in [0.15, 0.2) is 6.61 Å². The number of amides is 1. The maximum atomic E-state index is 12.0. The Kier molecular flexibility index (Phi) is 5.95. The van der Waals surface area contributed by atoms with Crippen molar-refractivity contribution in [3.05, 3.63) is 64.7 Å². The molecule has 0 fully saturated rings. The molecular weight excluding hydrogens is 306 g/mol. The molecule has 5 nitrogen and oxygen atoms in total. The van der Waals surface area contributed by atoms with Gasteiger partial charge in [-0.1, -0.05) is 29.8 Å². The lowest BCUT2D eigenvalue weighted by Crippen LogP contribution is -2.28. The molecule has 0 saturated heterocycles. The Morgan fingerprint density at radius 2 is 1.75 bits per heavy atom. The van der Waals surface area contributed by atoms with Crippen molar-refractivity contribution in [1.29, 1.82) is 0 Å². The Morgan fingerprint density at radius 1 is 1.04 bits per heavy atom. The average molecular weight is 327 g/mol. The van der Waals surface area contributed by atoms with E-state index >= 15 is 0 Å². The second-order valence-corrected chi connectivity index (χ2v) is 5.52. The highest BCUT2D eigenvalue weighted by molar-refractivity contribution is 5.92. The summed E-state index contributed by atoms with van der Waals surface area (Å²) in [5.41, 5.74) is 3.31. The van der Waals surface area contributed by atoms with E-state index in [-0.39, 0.29) is 12.5 Å². The smallest absolute Gasteiger partial charge is 0.338 e. The molecule has 0 atom stereocenters. The van der Waals surface area contributed by atoms with Crippen LogP contribution >= 0.6 is 0 Å². The van der Waals surface area contributed by atoms with Crippen LogP contribution in [0.2, 0.25) is 0 Å². The van der Waals surface area contributed by atoms with Crippen LogP contribution in [0.5, 0.6) is 5.75 Å². The van der Waals surface area contributed by atoms with Crippen molar-refractivity contribution in [1.82, 2.24) is 5.32 Å². The lowest BCUT2D eigenvalue weighted by molar-refractivity contribution is -0.124. The number of nitrogens with one attached hydrogen (secondary N) is 1. The lowest BCUT2D eigenvalue weighted by atomic mass is 10.1. The molecule has 0 bridgehead atoms. The molecule has 0 aliphatic rings. The molecule has 0 aromatic heterocycles. The van der Waals surface area contributed by atoms with E-state index in [4.69, 9.17) is 9.47 Å². The van der Waals surface area contributed by atoms with E-state index in [0.717, 1.165) is 16.7 Å². The van der Waals surface area contributed by atoms with Crippen molar-refractivity contribution in [2.24, 2.45) is 0 Å². The Hall–Kier alpha value is -2.82. The molecule has 5 heteroatoms. The molecular formula is C19H21NO4. The Bertz CT molecular complexity index is 723. The normalized spacial score (nSPS) is 10.1. The van der Waals surface area contributed by atoms with Crippen LogP contribution < -0.4 is 10.1 Å². The Labute approximate surface area is 141 Å². The van der Waals surface area contributed by atoms with Gasteiger partial charge in [-0.05, 0) is 43.2 Å². The summed E-state index contributed by atoms with van der Waals surface area (Å²) in [4.78, 5) is 23.8. The Balaban J connectivity index is 1.82. The molecule has 2 rings (SSSR count). The highest BCUT2D eigenvalue weighted by atomic mass is 16.5. The zero-order valence-electron chi connectivity index (χ0n) is 14.1. The fourth-order valence-corrected chi connectivity index (χ4v) is 2.16. The number of aryl methyl sites for hydroxylation is 2. The standard InChI is InChI=1S/C19H21NO4/c1-13-4-6-15(7-5-13)11-20-18(21)12-24-19(22)17-9-8-16(23-3)10-14(17)2/h4-10H,11-12H2,1-3H3,(H,20,21). The number of ether oxygens (including phenoxy) is 2. The zero-order valence-corrected chi connectivity index (χ0v) is 14.1. The molecule has 126 valence electrons. The predicted molar refractivity (Wildman–Crippen MR) is 91.0 cm³/mol. The minimum Gasteiger partial charge on any atom is -0.497 e. The van der Waals surface area contributed by atoms with Crippen LogP contribution in [0.25, 0.3) is 0 Å². The van der Waals surface area contributed by atoms with Crippen molar-refractivity contribution in [3.8, 4) is 5.75 Å². The number of benzene rings is 2. The van der Waals surface area contributed by atoms with Crippen molar-refractivity contribution in [2.45, 2.75) is 20.4 Å².